The molecule has 0 saturated heterocycles. The summed E-state index contributed by atoms with van der Waals surface area (Å²) in [6, 6.07) is 12.2. The van der Waals surface area contributed by atoms with E-state index in [1.54, 1.807) is 22.7 Å². The summed E-state index contributed by atoms with van der Waals surface area (Å²) in [6.45, 7) is 0. The van der Waals surface area contributed by atoms with E-state index in [0.717, 1.165) is 18.7 Å². The van der Waals surface area contributed by atoms with E-state index in [1.165, 1.54) is 10.6 Å². The summed E-state index contributed by atoms with van der Waals surface area (Å²) in [4.78, 5) is 6.92. The maximum absolute atomic E-state index is 4.69. The van der Waals surface area contributed by atoms with Crippen LogP contribution in [0.2, 0.25) is 0 Å². The van der Waals surface area contributed by atoms with Crippen molar-refractivity contribution in [1.82, 2.24) is 4.57 Å². The van der Waals surface area contributed by atoms with Gasteiger partial charge in [-0.15, -0.1) is 39.7 Å². The van der Waals surface area contributed by atoms with Gasteiger partial charge < -0.3 is 4.57 Å². The first-order valence-corrected chi connectivity index (χ1v) is 9.12. The van der Waals surface area contributed by atoms with Crippen LogP contribution in [0.1, 0.15) is 0 Å². The first-order chi connectivity index (χ1) is 9.63. The summed E-state index contributed by atoms with van der Waals surface area (Å²) in [5.41, 5.74) is 2.16. The fraction of sp³-hybridized carbons (Fsp3) is 0.0714. The molecule has 21 heavy (non-hydrogen) atoms. The zero-order valence-corrected chi connectivity index (χ0v) is 17.4. The molecule has 0 unspecified atom stereocenters. The molecule has 0 radical (unpaired) electrons. The van der Waals surface area contributed by atoms with E-state index in [-0.39, 0.29) is 17.0 Å². The predicted molar refractivity (Wildman–Crippen MR) is 104 cm³/mol. The highest BCUT2D eigenvalue weighted by atomic mass is 79.9. The SMILES string of the molecule is Br.Cn1c(-c2ccc(Br)s2)csc1=Nc1ccc(Br)cc1. The average molecular weight is 511 g/mol. The van der Waals surface area contributed by atoms with Gasteiger partial charge in [0.15, 0.2) is 4.80 Å². The van der Waals surface area contributed by atoms with Crippen LogP contribution >= 0.6 is 71.5 Å². The van der Waals surface area contributed by atoms with Crippen LogP contribution in [-0.2, 0) is 7.05 Å². The number of hydrogen-bond acceptors (Lipinski definition) is 3. The molecule has 2 nitrogen and oxygen atoms in total. The minimum Gasteiger partial charge on any atom is -0.319 e. The molecule has 7 heteroatoms. The summed E-state index contributed by atoms with van der Waals surface area (Å²) >= 11 is 10.3. The lowest BCUT2D eigenvalue weighted by Crippen LogP contribution is -2.10. The normalized spacial score (nSPS) is 11.5. The summed E-state index contributed by atoms with van der Waals surface area (Å²) in [5.74, 6) is 0. The molecule has 0 aliphatic heterocycles. The van der Waals surface area contributed by atoms with Gasteiger partial charge in [0, 0.05) is 16.9 Å². The van der Waals surface area contributed by atoms with E-state index < -0.39 is 0 Å². The Labute approximate surface area is 158 Å². The van der Waals surface area contributed by atoms with Gasteiger partial charge >= 0.3 is 0 Å². The van der Waals surface area contributed by atoms with Gasteiger partial charge in [-0.1, -0.05) is 15.9 Å². The van der Waals surface area contributed by atoms with Crippen molar-refractivity contribution in [1.29, 1.82) is 0 Å². The highest BCUT2D eigenvalue weighted by Gasteiger charge is 2.07. The first kappa shape index (κ1) is 17.1. The van der Waals surface area contributed by atoms with Gasteiger partial charge in [-0.2, -0.15) is 0 Å². The lowest BCUT2D eigenvalue weighted by Gasteiger charge is -1.99. The molecule has 110 valence electrons. The van der Waals surface area contributed by atoms with Crippen molar-refractivity contribution >= 4 is 77.2 Å². The van der Waals surface area contributed by atoms with Crippen molar-refractivity contribution in [3.05, 3.63) is 54.8 Å². The molecule has 0 N–H and O–H groups in total. The van der Waals surface area contributed by atoms with E-state index in [1.807, 2.05) is 24.3 Å². The number of nitrogens with zero attached hydrogens (tertiary/aromatic N) is 2. The van der Waals surface area contributed by atoms with Gasteiger partial charge in [0.2, 0.25) is 0 Å². The van der Waals surface area contributed by atoms with Gasteiger partial charge in [0.05, 0.1) is 20.0 Å². The van der Waals surface area contributed by atoms with Gasteiger partial charge in [-0.05, 0) is 52.3 Å². The quantitative estimate of drug-likeness (QED) is 0.393. The molecule has 0 saturated carbocycles. The number of aromatic nitrogens is 1. The van der Waals surface area contributed by atoms with Crippen LogP contribution in [0.5, 0.6) is 0 Å². The third-order valence-electron chi connectivity index (χ3n) is 2.80. The van der Waals surface area contributed by atoms with Crippen LogP contribution in [0.3, 0.4) is 0 Å². The lowest BCUT2D eigenvalue weighted by molar-refractivity contribution is 0.885. The molecule has 0 bridgehead atoms. The Morgan fingerprint density at radius 2 is 1.76 bits per heavy atom. The van der Waals surface area contributed by atoms with Crippen LogP contribution in [0.25, 0.3) is 10.6 Å². The highest BCUT2D eigenvalue weighted by Crippen LogP contribution is 2.31. The maximum Gasteiger partial charge on any atom is 0.190 e. The number of thiophene rings is 1. The van der Waals surface area contributed by atoms with Gasteiger partial charge in [0.1, 0.15) is 0 Å². The Balaban J connectivity index is 0.00000161. The molecule has 3 rings (SSSR count). The highest BCUT2D eigenvalue weighted by molar-refractivity contribution is 9.11. The monoisotopic (exact) mass is 508 g/mol. The Hall–Kier alpha value is -0.210. The zero-order chi connectivity index (χ0) is 14.1. The van der Waals surface area contributed by atoms with Crippen molar-refractivity contribution in [2.24, 2.45) is 12.0 Å². The molecule has 0 aliphatic rings. The van der Waals surface area contributed by atoms with E-state index >= 15 is 0 Å². The van der Waals surface area contributed by atoms with Gasteiger partial charge in [-0.3, -0.25) is 0 Å². The predicted octanol–water partition coefficient (Wildman–Crippen LogP) is 6.15. The van der Waals surface area contributed by atoms with Crippen molar-refractivity contribution in [2.75, 3.05) is 0 Å². The number of hydrogen-bond donors (Lipinski definition) is 0. The van der Waals surface area contributed by atoms with Crippen molar-refractivity contribution in [3.63, 3.8) is 0 Å². The van der Waals surface area contributed by atoms with Gasteiger partial charge in [-0.25, -0.2) is 4.99 Å². The van der Waals surface area contributed by atoms with Crippen LogP contribution in [0, 0.1) is 0 Å². The third-order valence-corrected chi connectivity index (χ3v) is 5.89. The topological polar surface area (TPSA) is 17.3 Å². The summed E-state index contributed by atoms with van der Waals surface area (Å²) in [7, 11) is 2.05. The second-order valence-electron chi connectivity index (χ2n) is 4.15. The Bertz CT molecular complexity index is 800. The fourth-order valence-electron chi connectivity index (χ4n) is 1.77. The van der Waals surface area contributed by atoms with Crippen molar-refractivity contribution < 1.29 is 0 Å². The first-order valence-electron chi connectivity index (χ1n) is 5.84. The number of rotatable bonds is 2. The molecule has 1 aromatic carbocycles. The van der Waals surface area contributed by atoms with E-state index in [2.05, 4.69) is 66.0 Å². The molecule has 0 atom stereocenters. The lowest BCUT2D eigenvalue weighted by atomic mass is 10.3. The summed E-state index contributed by atoms with van der Waals surface area (Å²) in [5, 5.41) is 2.15. The number of halogens is 3. The molecular weight excluding hydrogens is 500 g/mol. The maximum atomic E-state index is 4.69. The Morgan fingerprint density at radius 3 is 2.38 bits per heavy atom. The molecule has 3 aromatic rings. The van der Waals surface area contributed by atoms with Crippen molar-refractivity contribution in [2.45, 2.75) is 0 Å². The third kappa shape index (κ3) is 3.96. The molecule has 2 heterocycles. The second-order valence-corrected chi connectivity index (χ2v) is 8.37. The molecule has 0 spiro atoms. The van der Waals surface area contributed by atoms with Crippen molar-refractivity contribution in [3.8, 4) is 10.6 Å². The molecule has 0 aliphatic carbocycles. The number of thiazole rings is 1. The van der Waals surface area contributed by atoms with E-state index in [0.29, 0.717) is 0 Å². The summed E-state index contributed by atoms with van der Waals surface area (Å²) < 4.78 is 4.34. The fourth-order valence-corrected chi connectivity index (χ4v) is 4.47. The largest absolute Gasteiger partial charge is 0.319 e. The molecule has 0 amide bonds. The van der Waals surface area contributed by atoms with E-state index in [9.17, 15) is 0 Å². The van der Waals surface area contributed by atoms with Gasteiger partial charge in [0.25, 0.3) is 0 Å². The van der Waals surface area contributed by atoms with Crippen LogP contribution < -0.4 is 4.80 Å². The van der Waals surface area contributed by atoms with Crippen LogP contribution in [0.15, 0.2) is 55.0 Å². The molecule has 0 fully saturated rings. The average Bonchev–Trinajstić information content (AvgIpc) is 3.00. The standard InChI is InChI=1S/C14H10Br2N2S2.BrH/c1-18-11(12-6-7-13(16)20-12)8-19-14(18)17-10-4-2-9(15)3-5-10;/h2-8H,1H3;1H. The summed E-state index contributed by atoms with van der Waals surface area (Å²) in [6.07, 6.45) is 0. The smallest absolute Gasteiger partial charge is 0.190 e. The zero-order valence-electron chi connectivity index (χ0n) is 10.9. The Kier molecular flexibility index (Phi) is 6.02. The molecule has 2 aromatic heterocycles. The molecular formula is C14H11Br3N2S2. The van der Waals surface area contributed by atoms with Crippen LogP contribution in [0.4, 0.5) is 5.69 Å². The second kappa shape index (κ2) is 7.37. The Morgan fingerprint density at radius 1 is 1.05 bits per heavy atom. The van der Waals surface area contributed by atoms with E-state index in [4.69, 9.17) is 0 Å². The van der Waals surface area contributed by atoms with Crippen LogP contribution in [-0.4, -0.2) is 4.57 Å². The minimum atomic E-state index is 0. The number of benzene rings is 1. The minimum absolute atomic E-state index is 0.